The Kier molecular flexibility index (Phi) is 7.02. The summed E-state index contributed by atoms with van der Waals surface area (Å²) >= 11 is 0. The number of rotatable bonds is 6. The zero-order valence-electron chi connectivity index (χ0n) is 24.1. The summed E-state index contributed by atoms with van der Waals surface area (Å²) < 4.78 is 59.6. The zero-order valence-corrected chi connectivity index (χ0v) is 24.1. The van der Waals surface area contributed by atoms with Crippen molar-refractivity contribution in [3.05, 3.63) is 118 Å². The third kappa shape index (κ3) is 4.59. The van der Waals surface area contributed by atoms with E-state index in [2.05, 4.69) is 5.16 Å². The van der Waals surface area contributed by atoms with Gasteiger partial charge in [-0.15, -0.1) is 0 Å². The maximum Gasteiger partial charge on any atom is 0.416 e. The number of halogens is 3. The first-order valence-corrected chi connectivity index (χ1v) is 14.6. The average Bonchev–Trinajstić information content (AvgIpc) is 3.47. The first kappa shape index (κ1) is 29.8. The summed E-state index contributed by atoms with van der Waals surface area (Å²) in [5.41, 5.74) is 2.98. The molecule has 4 atom stereocenters. The number of ether oxygens (including phenoxy) is 2. The number of benzene rings is 3. The van der Waals surface area contributed by atoms with Crippen LogP contribution < -0.4 is 15.2 Å². The van der Waals surface area contributed by atoms with Crippen LogP contribution in [0.5, 0.6) is 11.6 Å². The minimum Gasteiger partial charge on any atom is -0.507 e. The largest absolute Gasteiger partial charge is 0.507 e. The van der Waals surface area contributed by atoms with Crippen LogP contribution in [-0.4, -0.2) is 32.5 Å². The minimum atomic E-state index is -4.78. The number of nitrogens with zero attached hydrogens (tertiary/aromatic N) is 1. The second kappa shape index (κ2) is 10.8. The van der Waals surface area contributed by atoms with Crippen molar-refractivity contribution >= 4 is 17.3 Å². The van der Waals surface area contributed by atoms with E-state index in [0.717, 1.165) is 23.3 Å². The summed E-state index contributed by atoms with van der Waals surface area (Å²) in [6.07, 6.45) is -5.29. The maximum atomic E-state index is 14.2. The van der Waals surface area contributed by atoms with Gasteiger partial charge in [-0.1, -0.05) is 60.7 Å². The number of Topliss-reactive ketones (excluding diaryl/α,β-unsaturated/α-hetero) is 2. The third-order valence-corrected chi connectivity index (χ3v) is 9.05. The van der Waals surface area contributed by atoms with Crippen molar-refractivity contribution in [1.82, 2.24) is 5.16 Å². The lowest BCUT2D eigenvalue weighted by atomic mass is 9.57. The Bertz CT molecular complexity index is 1890. The number of aliphatic hydroxyl groups excluding tert-OH is 1. The fourth-order valence-corrected chi connectivity index (χ4v) is 6.84. The standard InChI is InChI=1S/C34H27F3N2O7/c35-34(36,37)21-11-12-23(44-15-17-7-3-1-4-8-17)25-20(21)13-19-14-22-27(38)29-26(31(42)33(22,43)30(41)24(19)28(25)40)32(39-46-29)45-16-18-9-5-2-6-10-18/h1-12,19,22,27,40,43H,13-16,38H2/t19-,22-,27-,33-/m0/s1. The molecule has 3 aromatic carbocycles. The molecule has 1 fully saturated rings. The second-order valence-electron chi connectivity index (χ2n) is 11.7. The second-order valence-corrected chi connectivity index (χ2v) is 11.7. The van der Waals surface area contributed by atoms with Crippen molar-refractivity contribution in [1.29, 1.82) is 0 Å². The van der Waals surface area contributed by atoms with Crippen LogP contribution in [0.2, 0.25) is 0 Å². The molecule has 7 rings (SSSR count). The van der Waals surface area contributed by atoms with E-state index in [-0.39, 0.29) is 65.7 Å². The van der Waals surface area contributed by atoms with Crippen molar-refractivity contribution in [2.75, 3.05) is 0 Å². The van der Waals surface area contributed by atoms with Crippen LogP contribution in [0.3, 0.4) is 0 Å². The Labute approximate surface area is 260 Å². The summed E-state index contributed by atoms with van der Waals surface area (Å²) in [6.45, 7) is -0.0315. The molecule has 0 aliphatic heterocycles. The lowest BCUT2D eigenvalue weighted by Crippen LogP contribution is -2.63. The molecule has 12 heteroatoms. The highest BCUT2D eigenvalue weighted by atomic mass is 19.4. The molecule has 3 aliphatic carbocycles. The van der Waals surface area contributed by atoms with Crippen molar-refractivity contribution in [2.24, 2.45) is 17.6 Å². The summed E-state index contributed by atoms with van der Waals surface area (Å²) in [7, 11) is 0. The smallest absolute Gasteiger partial charge is 0.416 e. The number of hydrogen-bond donors (Lipinski definition) is 3. The van der Waals surface area contributed by atoms with E-state index in [0.29, 0.717) is 0 Å². The molecule has 1 saturated carbocycles. The van der Waals surface area contributed by atoms with Crippen LogP contribution in [0, 0.1) is 11.8 Å². The highest BCUT2D eigenvalue weighted by Gasteiger charge is 2.64. The number of carbonyl (C=O) groups is 2. The number of alkyl halides is 3. The molecule has 0 unspecified atom stereocenters. The first-order valence-electron chi connectivity index (χ1n) is 14.6. The van der Waals surface area contributed by atoms with Gasteiger partial charge in [0.1, 0.15) is 30.3 Å². The van der Waals surface area contributed by atoms with Crippen LogP contribution in [0.1, 0.15) is 56.4 Å². The van der Waals surface area contributed by atoms with E-state index in [1.165, 1.54) is 0 Å². The molecule has 4 aromatic rings. The van der Waals surface area contributed by atoms with E-state index in [1.807, 2.05) is 6.07 Å². The Balaban J connectivity index is 1.29. The van der Waals surface area contributed by atoms with Gasteiger partial charge in [-0.05, 0) is 52.7 Å². The highest BCUT2D eigenvalue weighted by Crippen LogP contribution is 2.55. The van der Waals surface area contributed by atoms with E-state index in [1.54, 1.807) is 54.6 Å². The number of fused-ring (bicyclic) bond motifs is 4. The van der Waals surface area contributed by atoms with Gasteiger partial charge in [0.15, 0.2) is 11.4 Å². The molecule has 4 N–H and O–H groups in total. The predicted molar refractivity (Wildman–Crippen MR) is 156 cm³/mol. The molecule has 0 saturated heterocycles. The minimum absolute atomic E-state index is 0.00374. The Morgan fingerprint density at radius 2 is 1.54 bits per heavy atom. The Morgan fingerprint density at radius 3 is 2.17 bits per heavy atom. The van der Waals surface area contributed by atoms with Gasteiger partial charge < -0.3 is 29.9 Å². The van der Waals surface area contributed by atoms with Gasteiger partial charge in [-0.3, -0.25) is 9.59 Å². The van der Waals surface area contributed by atoms with Gasteiger partial charge in [0.2, 0.25) is 11.6 Å². The quantitative estimate of drug-likeness (QED) is 0.234. The highest BCUT2D eigenvalue weighted by molar-refractivity contribution is 6.26. The first-order chi connectivity index (χ1) is 22.0. The molecule has 0 radical (unpaired) electrons. The van der Waals surface area contributed by atoms with Crippen molar-refractivity contribution in [2.45, 2.75) is 43.9 Å². The van der Waals surface area contributed by atoms with E-state index < -0.39 is 52.5 Å². The average molecular weight is 633 g/mol. The van der Waals surface area contributed by atoms with Crippen LogP contribution in [0.4, 0.5) is 13.2 Å². The molecular formula is C34H27F3N2O7. The predicted octanol–water partition coefficient (Wildman–Crippen LogP) is 5.51. The van der Waals surface area contributed by atoms with Crippen LogP contribution >= 0.6 is 0 Å². The van der Waals surface area contributed by atoms with Crippen LogP contribution in [0.25, 0.3) is 5.76 Å². The van der Waals surface area contributed by atoms with E-state index in [4.69, 9.17) is 19.7 Å². The van der Waals surface area contributed by atoms with Crippen molar-refractivity contribution < 1.29 is 47.0 Å². The SMILES string of the molecule is N[C@@H]1c2onc(OCc3ccccc3)c2C(=O)[C@@]2(O)C(=O)C3=C(O)c4c(OCc5ccccc5)ccc(C(F)(F)F)c4C[C@H]3C[C@@H]12. The molecule has 0 bridgehead atoms. The number of aliphatic hydroxyl groups is 2. The maximum absolute atomic E-state index is 14.2. The van der Waals surface area contributed by atoms with Crippen molar-refractivity contribution in [3.8, 4) is 11.6 Å². The lowest BCUT2D eigenvalue weighted by molar-refractivity contribution is -0.140. The van der Waals surface area contributed by atoms with E-state index in [9.17, 15) is 33.0 Å². The van der Waals surface area contributed by atoms with Crippen molar-refractivity contribution in [3.63, 3.8) is 0 Å². The Hall–Kier alpha value is -4.94. The van der Waals surface area contributed by atoms with Crippen LogP contribution in [0.15, 0.2) is 82.9 Å². The van der Waals surface area contributed by atoms with Gasteiger partial charge in [0.05, 0.1) is 17.2 Å². The normalized spacial score (nSPS) is 23.7. The fraction of sp³-hybridized carbons (Fsp3) is 0.265. The summed E-state index contributed by atoms with van der Waals surface area (Å²) in [5, 5.41) is 27.3. The molecule has 0 amide bonds. The van der Waals surface area contributed by atoms with Gasteiger partial charge in [0.25, 0.3) is 5.88 Å². The monoisotopic (exact) mass is 632 g/mol. The Morgan fingerprint density at radius 1 is 0.913 bits per heavy atom. The summed E-state index contributed by atoms with van der Waals surface area (Å²) in [5.74, 6) is -5.71. The molecule has 0 spiro atoms. The van der Waals surface area contributed by atoms with Gasteiger partial charge >= 0.3 is 6.18 Å². The summed E-state index contributed by atoms with van der Waals surface area (Å²) in [4.78, 5) is 28.2. The number of ketones is 2. The molecule has 46 heavy (non-hydrogen) atoms. The zero-order chi connectivity index (χ0) is 32.4. The molecular weight excluding hydrogens is 605 g/mol. The number of aromatic nitrogens is 1. The van der Waals surface area contributed by atoms with Gasteiger partial charge in [0, 0.05) is 11.5 Å². The molecule has 9 nitrogen and oxygen atoms in total. The molecule has 236 valence electrons. The number of nitrogens with two attached hydrogens (primary N) is 1. The fourth-order valence-electron chi connectivity index (χ4n) is 6.84. The lowest BCUT2D eigenvalue weighted by Gasteiger charge is -2.47. The van der Waals surface area contributed by atoms with Gasteiger partial charge in [-0.25, -0.2) is 0 Å². The molecule has 1 aromatic heterocycles. The van der Waals surface area contributed by atoms with E-state index >= 15 is 0 Å². The van der Waals surface area contributed by atoms with Gasteiger partial charge in [-0.2, -0.15) is 13.2 Å². The molecule has 3 aliphatic rings. The van der Waals surface area contributed by atoms with Crippen LogP contribution in [-0.2, 0) is 30.6 Å². The third-order valence-electron chi connectivity index (χ3n) is 9.05. The topological polar surface area (TPSA) is 145 Å². The number of hydrogen-bond acceptors (Lipinski definition) is 9. The molecule has 1 heterocycles. The number of carbonyl (C=O) groups excluding carboxylic acids is 2. The summed E-state index contributed by atoms with van der Waals surface area (Å²) in [6, 6.07) is 18.6.